The van der Waals surface area contributed by atoms with Crippen LogP contribution in [0.5, 0.6) is 0 Å². The number of rotatable bonds is 1. The van der Waals surface area contributed by atoms with E-state index in [0.717, 1.165) is 16.7 Å². The molecule has 6 heteroatoms. The molecule has 0 fully saturated rings. The molecule has 96 valence electrons. The van der Waals surface area contributed by atoms with Crippen LogP contribution in [0.25, 0.3) is 22.4 Å². The van der Waals surface area contributed by atoms with Crippen molar-refractivity contribution in [2.24, 2.45) is 0 Å². The fourth-order valence-electron chi connectivity index (χ4n) is 2.32. The van der Waals surface area contributed by atoms with E-state index in [0.29, 0.717) is 16.9 Å². The molecular weight excluding hydrogens is 245 g/mol. The Bertz CT molecular complexity index is 755. The number of anilines is 1. The highest BCUT2D eigenvalue weighted by molar-refractivity contribution is 5.89. The molecule has 0 aliphatic rings. The largest absolute Gasteiger partial charge is 0.368 e. The van der Waals surface area contributed by atoms with Gasteiger partial charge in [-0.3, -0.25) is 0 Å². The molecule has 0 radical (unpaired) electrons. The summed E-state index contributed by atoms with van der Waals surface area (Å²) >= 11 is 0. The van der Waals surface area contributed by atoms with Gasteiger partial charge in [-0.15, -0.1) is 0 Å². The first-order valence-corrected chi connectivity index (χ1v) is 5.80. The monoisotopic (exact) mass is 257 g/mol. The number of aromatic nitrogens is 4. The lowest BCUT2D eigenvalue weighted by Crippen LogP contribution is -2.00. The van der Waals surface area contributed by atoms with Gasteiger partial charge in [0.1, 0.15) is 17.0 Å². The van der Waals surface area contributed by atoms with E-state index in [1.54, 1.807) is 0 Å². The molecule has 0 aliphatic carbocycles. The van der Waals surface area contributed by atoms with Gasteiger partial charge in [0.15, 0.2) is 5.65 Å². The fraction of sp³-hybridized carbons (Fsp3) is 0.154. The van der Waals surface area contributed by atoms with Crippen LogP contribution in [0, 0.1) is 19.7 Å². The van der Waals surface area contributed by atoms with Crippen LogP contribution in [-0.2, 0) is 0 Å². The Kier molecular flexibility index (Phi) is 2.45. The van der Waals surface area contributed by atoms with E-state index in [-0.39, 0.29) is 11.8 Å². The summed E-state index contributed by atoms with van der Waals surface area (Å²) in [7, 11) is 0. The fourth-order valence-corrected chi connectivity index (χ4v) is 2.32. The van der Waals surface area contributed by atoms with E-state index in [1.165, 1.54) is 18.5 Å². The number of nitrogens with two attached hydrogens (primary N) is 1. The van der Waals surface area contributed by atoms with Crippen molar-refractivity contribution >= 4 is 17.1 Å². The molecule has 19 heavy (non-hydrogen) atoms. The zero-order valence-electron chi connectivity index (χ0n) is 10.5. The number of benzene rings is 1. The van der Waals surface area contributed by atoms with Crippen molar-refractivity contribution in [3.8, 4) is 11.3 Å². The molecule has 3 aromatic rings. The van der Waals surface area contributed by atoms with Gasteiger partial charge < -0.3 is 10.7 Å². The van der Waals surface area contributed by atoms with Crippen molar-refractivity contribution in [3.63, 3.8) is 0 Å². The summed E-state index contributed by atoms with van der Waals surface area (Å²) in [4.78, 5) is 15.4. The predicted octanol–water partition coefficient (Wildman–Crippen LogP) is 2.36. The standard InChI is InChI=1S/C13H12FN5/c1-6-3-8(14)4-7(2)9(6)10-11-12(17-5-16-11)19-13(15)18-10/h3-5H,1-2H3,(H3,15,16,17,18,19). The van der Waals surface area contributed by atoms with Gasteiger partial charge in [0.2, 0.25) is 5.95 Å². The van der Waals surface area contributed by atoms with E-state index in [2.05, 4.69) is 19.9 Å². The molecule has 2 aromatic heterocycles. The summed E-state index contributed by atoms with van der Waals surface area (Å²) in [6, 6.07) is 2.95. The number of halogens is 1. The second-order valence-electron chi connectivity index (χ2n) is 4.45. The number of aryl methyl sites for hydroxylation is 2. The third-order valence-electron chi connectivity index (χ3n) is 3.04. The number of nitrogens with zero attached hydrogens (tertiary/aromatic N) is 3. The van der Waals surface area contributed by atoms with E-state index in [9.17, 15) is 4.39 Å². The van der Waals surface area contributed by atoms with Crippen LogP contribution < -0.4 is 5.73 Å². The molecule has 0 aliphatic heterocycles. The van der Waals surface area contributed by atoms with E-state index in [1.807, 2.05) is 13.8 Å². The second-order valence-corrected chi connectivity index (χ2v) is 4.45. The summed E-state index contributed by atoms with van der Waals surface area (Å²) in [6.45, 7) is 3.68. The summed E-state index contributed by atoms with van der Waals surface area (Å²) in [5.74, 6) is -0.112. The van der Waals surface area contributed by atoms with Crippen LogP contribution >= 0.6 is 0 Å². The van der Waals surface area contributed by atoms with Crippen molar-refractivity contribution < 1.29 is 4.39 Å². The zero-order valence-corrected chi connectivity index (χ0v) is 10.5. The first-order chi connectivity index (χ1) is 9.06. The third-order valence-corrected chi connectivity index (χ3v) is 3.04. The highest BCUT2D eigenvalue weighted by Crippen LogP contribution is 2.30. The molecule has 0 bridgehead atoms. The zero-order chi connectivity index (χ0) is 13.6. The van der Waals surface area contributed by atoms with Crippen LogP contribution in [0.15, 0.2) is 18.5 Å². The molecule has 0 spiro atoms. The minimum absolute atomic E-state index is 0.151. The maximum atomic E-state index is 13.4. The lowest BCUT2D eigenvalue weighted by Gasteiger charge is -2.10. The number of fused-ring (bicyclic) bond motifs is 1. The smallest absolute Gasteiger partial charge is 0.222 e. The highest BCUT2D eigenvalue weighted by atomic mass is 19.1. The maximum absolute atomic E-state index is 13.4. The first-order valence-electron chi connectivity index (χ1n) is 5.80. The number of hydrogen-bond acceptors (Lipinski definition) is 4. The molecule has 5 nitrogen and oxygen atoms in total. The second kappa shape index (κ2) is 4.01. The molecule has 0 atom stereocenters. The molecular formula is C13H12FN5. The van der Waals surface area contributed by atoms with E-state index in [4.69, 9.17) is 5.73 Å². The minimum Gasteiger partial charge on any atom is -0.368 e. The molecule has 0 saturated heterocycles. The Morgan fingerprint density at radius 1 is 1.16 bits per heavy atom. The molecule has 2 heterocycles. The quantitative estimate of drug-likeness (QED) is 0.701. The normalized spacial score (nSPS) is 11.1. The minimum atomic E-state index is -0.262. The Labute approximate surface area is 108 Å². The van der Waals surface area contributed by atoms with Crippen LogP contribution in [0.3, 0.4) is 0 Å². The van der Waals surface area contributed by atoms with Gasteiger partial charge in [0.25, 0.3) is 0 Å². The van der Waals surface area contributed by atoms with Crippen molar-refractivity contribution in [1.29, 1.82) is 0 Å². The molecule has 1 aromatic carbocycles. The van der Waals surface area contributed by atoms with Crippen molar-refractivity contribution in [2.75, 3.05) is 5.73 Å². The van der Waals surface area contributed by atoms with Crippen LogP contribution in [-0.4, -0.2) is 19.9 Å². The Balaban J connectivity index is 2.39. The Morgan fingerprint density at radius 2 is 1.84 bits per heavy atom. The van der Waals surface area contributed by atoms with Crippen molar-refractivity contribution in [2.45, 2.75) is 13.8 Å². The molecule has 0 amide bonds. The van der Waals surface area contributed by atoms with Gasteiger partial charge in [-0.2, -0.15) is 4.98 Å². The Morgan fingerprint density at radius 3 is 2.53 bits per heavy atom. The van der Waals surface area contributed by atoms with Gasteiger partial charge in [0.05, 0.1) is 6.33 Å². The molecule has 0 unspecified atom stereocenters. The number of nitrogens with one attached hydrogen (secondary N) is 1. The van der Waals surface area contributed by atoms with Crippen LogP contribution in [0.2, 0.25) is 0 Å². The summed E-state index contributed by atoms with van der Waals surface area (Å²) in [5.41, 5.74) is 10.0. The number of imidazole rings is 1. The van der Waals surface area contributed by atoms with Crippen LogP contribution in [0.1, 0.15) is 11.1 Å². The topological polar surface area (TPSA) is 80.5 Å². The summed E-state index contributed by atoms with van der Waals surface area (Å²) in [6.07, 6.45) is 1.54. The molecule has 0 saturated carbocycles. The number of hydrogen-bond donors (Lipinski definition) is 2. The van der Waals surface area contributed by atoms with Crippen molar-refractivity contribution in [1.82, 2.24) is 19.9 Å². The predicted molar refractivity (Wildman–Crippen MR) is 71.0 cm³/mol. The lowest BCUT2D eigenvalue weighted by molar-refractivity contribution is 0.625. The lowest BCUT2D eigenvalue weighted by atomic mass is 9.99. The Hall–Kier alpha value is -2.50. The number of aromatic amines is 1. The van der Waals surface area contributed by atoms with Crippen molar-refractivity contribution in [3.05, 3.63) is 35.4 Å². The van der Waals surface area contributed by atoms with E-state index < -0.39 is 0 Å². The number of H-pyrrole nitrogens is 1. The van der Waals surface area contributed by atoms with Gasteiger partial charge in [-0.05, 0) is 37.1 Å². The molecule has 3 rings (SSSR count). The SMILES string of the molecule is Cc1cc(F)cc(C)c1-c1nc(N)nc2nc[nH]c12. The van der Waals surface area contributed by atoms with Gasteiger partial charge in [-0.25, -0.2) is 14.4 Å². The first kappa shape index (κ1) is 11.6. The van der Waals surface area contributed by atoms with Gasteiger partial charge >= 0.3 is 0 Å². The average molecular weight is 257 g/mol. The average Bonchev–Trinajstić information content (AvgIpc) is 2.75. The van der Waals surface area contributed by atoms with E-state index >= 15 is 0 Å². The maximum Gasteiger partial charge on any atom is 0.222 e. The highest BCUT2D eigenvalue weighted by Gasteiger charge is 2.15. The van der Waals surface area contributed by atoms with Gasteiger partial charge in [0, 0.05) is 5.56 Å². The van der Waals surface area contributed by atoms with Crippen LogP contribution in [0.4, 0.5) is 10.3 Å². The number of nitrogen functional groups attached to an aromatic ring is 1. The summed E-state index contributed by atoms with van der Waals surface area (Å²) < 4.78 is 13.4. The molecule has 3 N–H and O–H groups in total. The van der Waals surface area contributed by atoms with Gasteiger partial charge in [-0.1, -0.05) is 0 Å². The summed E-state index contributed by atoms with van der Waals surface area (Å²) in [5, 5.41) is 0. The third kappa shape index (κ3) is 1.81.